The summed E-state index contributed by atoms with van der Waals surface area (Å²) in [5.74, 6) is 1.41. The van der Waals surface area contributed by atoms with Crippen molar-refractivity contribution in [2.75, 3.05) is 7.11 Å². The van der Waals surface area contributed by atoms with E-state index >= 15 is 0 Å². The quantitative estimate of drug-likeness (QED) is 0.809. The SMILES string of the molecule is COc1ccc(C(C)C)cc1-c1nc(C)cs1. The van der Waals surface area contributed by atoms with Crippen molar-refractivity contribution in [3.8, 4) is 16.3 Å². The third-order valence-electron chi connectivity index (χ3n) is 2.74. The number of rotatable bonds is 3. The van der Waals surface area contributed by atoms with Crippen molar-refractivity contribution in [3.63, 3.8) is 0 Å². The Morgan fingerprint density at radius 1 is 1.29 bits per heavy atom. The molecule has 2 aromatic rings. The molecule has 3 heteroatoms. The topological polar surface area (TPSA) is 22.1 Å². The summed E-state index contributed by atoms with van der Waals surface area (Å²) in [5, 5.41) is 3.10. The summed E-state index contributed by atoms with van der Waals surface area (Å²) in [6, 6.07) is 6.33. The Morgan fingerprint density at radius 2 is 2.06 bits per heavy atom. The monoisotopic (exact) mass is 247 g/mol. The molecule has 0 spiro atoms. The van der Waals surface area contributed by atoms with E-state index in [2.05, 4.69) is 36.3 Å². The van der Waals surface area contributed by atoms with Crippen LogP contribution in [0.4, 0.5) is 0 Å². The maximum atomic E-state index is 5.41. The highest BCUT2D eigenvalue weighted by molar-refractivity contribution is 7.13. The molecule has 1 aromatic heterocycles. The van der Waals surface area contributed by atoms with Gasteiger partial charge < -0.3 is 4.74 Å². The van der Waals surface area contributed by atoms with Crippen LogP contribution in [0.5, 0.6) is 5.75 Å². The molecule has 0 saturated heterocycles. The second-order valence-electron chi connectivity index (χ2n) is 4.41. The van der Waals surface area contributed by atoms with E-state index in [4.69, 9.17) is 4.74 Å². The average molecular weight is 247 g/mol. The lowest BCUT2D eigenvalue weighted by Crippen LogP contribution is -1.92. The lowest BCUT2D eigenvalue weighted by molar-refractivity contribution is 0.416. The number of methoxy groups -OCH3 is 1. The fourth-order valence-electron chi connectivity index (χ4n) is 1.73. The molecule has 2 rings (SSSR count). The number of hydrogen-bond acceptors (Lipinski definition) is 3. The third-order valence-corrected chi connectivity index (χ3v) is 3.73. The number of benzene rings is 1. The lowest BCUT2D eigenvalue weighted by atomic mass is 10.0. The van der Waals surface area contributed by atoms with Crippen LogP contribution in [-0.2, 0) is 0 Å². The van der Waals surface area contributed by atoms with Crippen molar-refractivity contribution in [2.24, 2.45) is 0 Å². The van der Waals surface area contributed by atoms with Gasteiger partial charge >= 0.3 is 0 Å². The van der Waals surface area contributed by atoms with Crippen molar-refractivity contribution >= 4 is 11.3 Å². The van der Waals surface area contributed by atoms with Gasteiger partial charge in [-0.1, -0.05) is 19.9 Å². The zero-order valence-corrected chi connectivity index (χ0v) is 11.5. The Bertz CT molecular complexity index is 517. The number of hydrogen-bond donors (Lipinski definition) is 0. The molecule has 0 aliphatic carbocycles. The van der Waals surface area contributed by atoms with Gasteiger partial charge in [-0.25, -0.2) is 4.98 Å². The van der Waals surface area contributed by atoms with Gasteiger partial charge in [0.05, 0.1) is 12.7 Å². The standard InChI is InChI=1S/C14H17NOS/c1-9(2)11-5-6-13(16-4)12(7-11)14-15-10(3)8-17-14/h5-9H,1-4H3. The van der Waals surface area contributed by atoms with Crippen LogP contribution in [-0.4, -0.2) is 12.1 Å². The van der Waals surface area contributed by atoms with Gasteiger partial charge in [0.25, 0.3) is 0 Å². The molecule has 2 nitrogen and oxygen atoms in total. The average Bonchev–Trinajstić information content (AvgIpc) is 2.74. The molecule has 0 N–H and O–H groups in total. The molecule has 0 atom stereocenters. The van der Waals surface area contributed by atoms with E-state index in [0.717, 1.165) is 22.0 Å². The van der Waals surface area contributed by atoms with Gasteiger partial charge in [-0.15, -0.1) is 11.3 Å². The van der Waals surface area contributed by atoms with E-state index < -0.39 is 0 Å². The van der Waals surface area contributed by atoms with Crippen LogP contribution in [0.25, 0.3) is 10.6 Å². The van der Waals surface area contributed by atoms with Crippen molar-refractivity contribution in [1.29, 1.82) is 0 Å². The second kappa shape index (κ2) is 4.88. The predicted octanol–water partition coefficient (Wildman–Crippen LogP) is 4.25. The van der Waals surface area contributed by atoms with Gasteiger partial charge in [0.15, 0.2) is 0 Å². The number of nitrogens with zero attached hydrogens (tertiary/aromatic N) is 1. The van der Waals surface area contributed by atoms with Crippen molar-refractivity contribution < 1.29 is 4.74 Å². The smallest absolute Gasteiger partial charge is 0.129 e. The van der Waals surface area contributed by atoms with Crippen LogP contribution in [0.2, 0.25) is 0 Å². The Hall–Kier alpha value is -1.35. The molecule has 1 heterocycles. The third kappa shape index (κ3) is 2.50. The first kappa shape index (κ1) is 12.1. The minimum Gasteiger partial charge on any atom is -0.496 e. The van der Waals surface area contributed by atoms with Crippen molar-refractivity contribution in [3.05, 3.63) is 34.8 Å². The van der Waals surface area contributed by atoms with Gasteiger partial charge in [0.2, 0.25) is 0 Å². The molecule has 0 aliphatic heterocycles. The highest BCUT2D eigenvalue weighted by Gasteiger charge is 2.11. The largest absolute Gasteiger partial charge is 0.496 e. The van der Waals surface area contributed by atoms with Crippen LogP contribution in [0.1, 0.15) is 31.0 Å². The first-order valence-electron chi connectivity index (χ1n) is 5.72. The van der Waals surface area contributed by atoms with Gasteiger partial charge in [0, 0.05) is 11.1 Å². The zero-order valence-electron chi connectivity index (χ0n) is 10.7. The number of ether oxygens (including phenoxy) is 1. The molecule has 0 amide bonds. The lowest BCUT2D eigenvalue weighted by Gasteiger charge is -2.11. The Kier molecular flexibility index (Phi) is 3.48. The van der Waals surface area contributed by atoms with E-state index in [9.17, 15) is 0 Å². The molecule has 17 heavy (non-hydrogen) atoms. The van der Waals surface area contributed by atoms with Crippen LogP contribution in [0.15, 0.2) is 23.6 Å². The highest BCUT2D eigenvalue weighted by Crippen LogP contribution is 2.34. The summed E-state index contributed by atoms with van der Waals surface area (Å²) in [6.07, 6.45) is 0. The van der Waals surface area contributed by atoms with Crippen LogP contribution in [0, 0.1) is 6.92 Å². The molecular weight excluding hydrogens is 230 g/mol. The molecule has 0 radical (unpaired) electrons. The molecule has 0 fully saturated rings. The number of aromatic nitrogens is 1. The molecule has 0 saturated carbocycles. The fourth-order valence-corrected chi connectivity index (χ4v) is 2.55. The Balaban J connectivity index is 2.53. The minimum atomic E-state index is 0.515. The summed E-state index contributed by atoms with van der Waals surface area (Å²) < 4.78 is 5.41. The summed E-state index contributed by atoms with van der Waals surface area (Å²) in [5.41, 5.74) is 3.47. The second-order valence-corrected chi connectivity index (χ2v) is 5.27. The van der Waals surface area contributed by atoms with Gasteiger partial charge in [-0.3, -0.25) is 0 Å². The summed E-state index contributed by atoms with van der Waals surface area (Å²) in [6.45, 7) is 6.40. The van der Waals surface area contributed by atoms with Crippen LogP contribution < -0.4 is 4.74 Å². The fraction of sp³-hybridized carbons (Fsp3) is 0.357. The van der Waals surface area contributed by atoms with Crippen LogP contribution >= 0.6 is 11.3 Å². The minimum absolute atomic E-state index is 0.515. The Morgan fingerprint density at radius 3 is 2.59 bits per heavy atom. The van der Waals surface area contributed by atoms with Crippen molar-refractivity contribution in [2.45, 2.75) is 26.7 Å². The van der Waals surface area contributed by atoms with Crippen molar-refractivity contribution in [1.82, 2.24) is 4.98 Å². The predicted molar refractivity (Wildman–Crippen MR) is 72.9 cm³/mol. The first-order chi connectivity index (χ1) is 8.11. The molecular formula is C14H17NOS. The van der Waals surface area contributed by atoms with Gasteiger partial charge in [-0.05, 0) is 30.5 Å². The maximum absolute atomic E-state index is 5.41. The van der Waals surface area contributed by atoms with E-state index in [1.54, 1.807) is 18.4 Å². The summed E-state index contributed by atoms with van der Waals surface area (Å²) >= 11 is 1.66. The maximum Gasteiger partial charge on any atom is 0.129 e. The highest BCUT2D eigenvalue weighted by atomic mass is 32.1. The van der Waals surface area contributed by atoms with Crippen LogP contribution in [0.3, 0.4) is 0 Å². The van der Waals surface area contributed by atoms with E-state index in [1.807, 2.05) is 13.0 Å². The van der Waals surface area contributed by atoms with Gasteiger partial charge in [0.1, 0.15) is 10.8 Å². The zero-order chi connectivity index (χ0) is 12.4. The Labute approximate surface area is 106 Å². The molecule has 0 unspecified atom stereocenters. The van der Waals surface area contributed by atoms with E-state index in [1.165, 1.54) is 5.56 Å². The number of aryl methyl sites for hydroxylation is 1. The molecule has 1 aromatic carbocycles. The summed E-state index contributed by atoms with van der Waals surface area (Å²) in [7, 11) is 1.70. The summed E-state index contributed by atoms with van der Waals surface area (Å²) in [4.78, 5) is 4.53. The van der Waals surface area contributed by atoms with E-state index in [-0.39, 0.29) is 0 Å². The molecule has 0 bridgehead atoms. The van der Waals surface area contributed by atoms with E-state index in [0.29, 0.717) is 5.92 Å². The van der Waals surface area contributed by atoms with Gasteiger partial charge in [-0.2, -0.15) is 0 Å². The normalized spacial score (nSPS) is 10.9. The molecule has 90 valence electrons. The molecule has 0 aliphatic rings. The number of thiazole rings is 1. The first-order valence-corrected chi connectivity index (χ1v) is 6.60.